The lowest BCUT2D eigenvalue weighted by atomic mass is 10.1. The van der Waals surface area contributed by atoms with Crippen molar-refractivity contribution in [2.45, 2.75) is 13.0 Å². The van der Waals surface area contributed by atoms with Gasteiger partial charge in [-0.1, -0.05) is 0 Å². The molecule has 0 fully saturated rings. The smallest absolute Gasteiger partial charge is 0.181 e. The number of aromatic nitrogens is 1. The first-order valence-electron chi connectivity index (χ1n) is 5.90. The van der Waals surface area contributed by atoms with Crippen LogP contribution < -0.4 is 4.74 Å². The number of rotatable bonds is 4. The highest BCUT2D eigenvalue weighted by Gasteiger charge is 2.21. The lowest BCUT2D eigenvalue weighted by molar-refractivity contribution is 0.0892. The number of ether oxygens (including phenoxy) is 1. The first kappa shape index (κ1) is 12.6. The van der Waals surface area contributed by atoms with Crippen LogP contribution in [0.4, 0.5) is 0 Å². The van der Waals surface area contributed by atoms with E-state index in [9.17, 15) is 4.79 Å². The Morgan fingerprint density at radius 1 is 1.33 bits per heavy atom. The second-order valence-electron chi connectivity index (χ2n) is 4.57. The Morgan fingerprint density at radius 3 is 2.67 bits per heavy atom. The van der Waals surface area contributed by atoms with E-state index >= 15 is 0 Å². The molecule has 0 aliphatic heterocycles. The number of likely N-dealkylation sites (N-methyl/N-ethyl adjacent to an activating group) is 1. The third-order valence-electron chi connectivity index (χ3n) is 3.28. The summed E-state index contributed by atoms with van der Waals surface area (Å²) < 4.78 is 7.24. The predicted molar refractivity (Wildman–Crippen MR) is 71.4 cm³/mol. The van der Waals surface area contributed by atoms with Crippen molar-refractivity contribution in [3.05, 3.63) is 36.2 Å². The van der Waals surface area contributed by atoms with Gasteiger partial charge in [0.15, 0.2) is 5.78 Å². The fourth-order valence-corrected chi connectivity index (χ4v) is 1.96. The van der Waals surface area contributed by atoms with Crippen LogP contribution in [-0.2, 0) is 0 Å². The standard InChI is InChI=1S/C14H18N2O2/c1-10(15(2)3)14(17)11-7-9-16-8-5-6-12(18-4)13(11)16/h5-10H,1-4H3. The molecule has 0 radical (unpaired) electrons. The number of Topliss-reactive ketones (excluding diaryl/α,β-unsaturated/α-hetero) is 1. The molecule has 0 bridgehead atoms. The van der Waals surface area contributed by atoms with Gasteiger partial charge in [0.1, 0.15) is 5.75 Å². The lowest BCUT2D eigenvalue weighted by Crippen LogP contribution is -2.32. The second kappa shape index (κ2) is 4.82. The summed E-state index contributed by atoms with van der Waals surface area (Å²) in [6, 6.07) is 5.46. The molecule has 0 saturated heterocycles. The Balaban J connectivity index is 2.55. The summed E-state index contributed by atoms with van der Waals surface area (Å²) in [5.41, 5.74) is 1.53. The van der Waals surface area contributed by atoms with Gasteiger partial charge in [-0.15, -0.1) is 0 Å². The molecule has 1 atom stereocenters. The summed E-state index contributed by atoms with van der Waals surface area (Å²) >= 11 is 0. The van der Waals surface area contributed by atoms with Crippen molar-refractivity contribution in [2.75, 3.05) is 21.2 Å². The summed E-state index contributed by atoms with van der Waals surface area (Å²) in [7, 11) is 5.42. The van der Waals surface area contributed by atoms with Gasteiger partial charge in [-0.25, -0.2) is 0 Å². The number of fused-ring (bicyclic) bond motifs is 1. The Bertz CT molecular complexity index is 572. The van der Waals surface area contributed by atoms with E-state index in [4.69, 9.17) is 4.74 Å². The Kier molecular flexibility index (Phi) is 3.39. The molecule has 1 unspecified atom stereocenters. The topological polar surface area (TPSA) is 34.0 Å². The average molecular weight is 246 g/mol. The van der Waals surface area contributed by atoms with Crippen molar-refractivity contribution in [1.29, 1.82) is 0 Å². The maximum Gasteiger partial charge on any atom is 0.181 e. The van der Waals surface area contributed by atoms with E-state index in [2.05, 4.69) is 0 Å². The number of hydrogen-bond acceptors (Lipinski definition) is 3. The number of carbonyl (C=O) groups excluding carboxylic acids is 1. The molecule has 2 heterocycles. The molecular weight excluding hydrogens is 228 g/mol. The number of carbonyl (C=O) groups is 1. The number of nitrogens with zero attached hydrogens (tertiary/aromatic N) is 2. The van der Waals surface area contributed by atoms with Crippen LogP contribution in [0.5, 0.6) is 5.75 Å². The molecule has 0 amide bonds. The van der Waals surface area contributed by atoms with Crippen molar-refractivity contribution >= 4 is 11.3 Å². The number of ketones is 1. The Morgan fingerprint density at radius 2 is 2.06 bits per heavy atom. The van der Waals surface area contributed by atoms with Crippen LogP contribution in [0.2, 0.25) is 0 Å². The summed E-state index contributed by atoms with van der Waals surface area (Å²) in [5, 5.41) is 0. The fourth-order valence-electron chi connectivity index (χ4n) is 1.96. The van der Waals surface area contributed by atoms with Gasteiger partial charge >= 0.3 is 0 Å². The van der Waals surface area contributed by atoms with Crippen LogP contribution in [0.3, 0.4) is 0 Å². The second-order valence-corrected chi connectivity index (χ2v) is 4.57. The summed E-state index contributed by atoms with van der Waals surface area (Å²) in [5.74, 6) is 0.823. The molecule has 0 aromatic carbocycles. The van der Waals surface area contributed by atoms with Gasteiger partial charge in [-0.2, -0.15) is 0 Å². The van der Waals surface area contributed by atoms with Gasteiger partial charge < -0.3 is 9.14 Å². The van der Waals surface area contributed by atoms with Crippen molar-refractivity contribution in [2.24, 2.45) is 0 Å². The van der Waals surface area contributed by atoms with Crippen LogP contribution in [0.15, 0.2) is 30.6 Å². The maximum absolute atomic E-state index is 12.4. The number of hydrogen-bond donors (Lipinski definition) is 0. The third kappa shape index (κ3) is 1.99. The van der Waals surface area contributed by atoms with Crippen molar-refractivity contribution in [1.82, 2.24) is 9.30 Å². The average Bonchev–Trinajstić information content (AvgIpc) is 2.80. The molecule has 4 nitrogen and oxygen atoms in total. The highest BCUT2D eigenvalue weighted by atomic mass is 16.5. The highest BCUT2D eigenvalue weighted by Crippen LogP contribution is 2.25. The molecule has 96 valence electrons. The first-order valence-corrected chi connectivity index (χ1v) is 5.90. The maximum atomic E-state index is 12.4. The summed E-state index contributed by atoms with van der Waals surface area (Å²) in [4.78, 5) is 14.3. The normalized spacial score (nSPS) is 12.9. The number of methoxy groups -OCH3 is 1. The molecule has 2 rings (SSSR count). The molecule has 0 spiro atoms. The minimum atomic E-state index is -0.152. The first-order chi connectivity index (χ1) is 8.56. The van der Waals surface area contributed by atoms with Gasteiger partial charge in [0.2, 0.25) is 0 Å². The zero-order valence-corrected chi connectivity index (χ0v) is 11.2. The minimum Gasteiger partial charge on any atom is -0.495 e. The van der Waals surface area contributed by atoms with Gasteiger partial charge in [0, 0.05) is 18.0 Å². The molecule has 0 aliphatic rings. The SMILES string of the molecule is COc1cccn2ccc(C(=O)C(C)N(C)C)c12. The Hall–Kier alpha value is -1.81. The zero-order chi connectivity index (χ0) is 13.3. The van der Waals surface area contributed by atoms with Gasteiger partial charge in [-0.3, -0.25) is 9.69 Å². The van der Waals surface area contributed by atoms with Crippen LogP contribution >= 0.6 is 0 Å². The molecule has 18 heavy (non-hydrogen) atoms. The monoisotopic (exact) mass is 246 g/mol. The van der Waals surface area contributed by atoms with Crippen LogP contribution in [-0.4, -0.2) is 42.3 Å². The largest absolute Gasteiger partial charge is 0.495 e. The molecule has 2 aromatic rings. The molecule has 0 N–H and O–H groups in total. The quantitative estimate of drug-likeness (QED) is 0.775. The van der Waals surface area contributed by atoms with Gasteiger partial charge in [0.05, 0.1) is 18.7 Å². The molecule has 0 aliphatic carbocycles. The Labute approximate surface area is 107 Å². The molecular formula is C14H18N2O2. The van der Waals surface area contributed by atoms with Crippen molar-refractivity contribution < 1.29 is 9.53 Å². The van der Waals surface area contributed by atoms with Crippen LogP contribution in [0.1, 0.15) is 17.3 Å². The van der Waals surface area contributed by atoms with E-state index in [1.165, 1.54) is 0 Å². The van der Waals surface area contributed by atoms with Crippen molar-refractivity contribution in [3.63, 3.8) is 0 Å². The van der Waals surface area contributed by atoms with E-state index in [0.717, 1.165) is 11.3 Å². The van der Waals surface area contributed by atoms with E-state index < -0.39 is 0 Å². The van der Waals surface area contributed by atoms with E-state index in [1.807, 2.05) is 60.9 Å². The summed E-state index contributed by atoms with van der Waals surface area (Å²) in [6.07, 6.45) is 3.79. The van der Waals surface area contributed by atoms with E-state index in [0.29, 0.717) is 5.56 Å². The van der Waals surface area contributed by atoms with E-state index in [-0.39, 0.29) is 11.8 Å². The van der Waals surface area contributed by atoms with Crippen LogP contribution in [0, 0.1) is 0 Å². The fraction of sp³-hybridized carbons (Fsp3) is 0.357. The van der Waals surface area contributed by atoms with Gasteiger partial charge in [-0.05, 0) is 39.2 Å². The molecule has 4 heteroatoms. The summed E-state index contributed by atoms with van der Waals surface area (Å²) in [6.45, 7) is 1.90. The highest BCUT2D eigenvalue weighted by molar-refractivity contribution is 6.06. The molecule has 2 aromatic heterocycles. The van der Waals surface area contributed by atoms with Crippen molar-refractivity contribution in [3.8, 4) is 5.75 Å². The molecule has 0 saturated carbocycles. The minimum absolute atomic E-state index is 0.104. The third-order valence-corrected chi connectivity index (χ3v) is 3.28. The van der Waals surface area contributed by atoms with E-state index in [1.54, 1.807) is 7.11 Å². The predicted octanol–water partition coefficient (Wildman–Crippen LogP) is 2.08. The van der Waals surface area contributed by atoms with Gasteiger partial charge in [0.25, 0.3) is 0 Å². The number of pyridine rings is 1. The zero-order valence-electron chi connectivity index (χ0n) is 11.2. The lowest BCUT2D eigenvalue weighted by Gasteiger charge is -2.18. The van der Waals surface area contributed by atoms with Crippen LogP contribution in [0.25, 0.3) is 5.52 Å².